The molecule has 0 saturated carbocycles. The number of fused-ring (bicyclic) bond motifs is 1. The highest BCUT2D eigenvalue weighted by Gasteiger charge is 2.27. The molecule has 0 aliphatic rings. The molecule has 0 bridgehead atoms. The van der Waals surface area contributed by atoms with Gasteiger partial charge in [-0.05, 0) is 24.3 Å². The second-order valence-electron chi connectivity index (χ2n) is 6.09. The number of nitrogens with two attached hydrogens (primary N) is 1. The summed E-state index contributed by atoms with van der Waals surface area (Å²) in [6.45, 7) is -1.68. The quantitative estimate of drug-likeness (QED) is 0.283. The minimum Gasteiger partial charge on any atom is -0.376 e. The number of carbonyl (C=O) groups excluding carboxylic acids is 2. The van der Waals surface area contributed by atoms with E-state index in [9.17, 15) is 22.8 Å². The van der Waals surface area contributed by atoms with Gasteiger partial charge in [0.2, 0.25) is 5.91 Å². The molecular formula is C18H17F3N6O2. The molecule has 0 fully saturated rings. The first-order valence-electron chi connectivity index (χ1n) is 8.42. The largest absolute Gasteiger partial charge is 0.405 e. The van der Waals surface area contributed by atoms with Crippen molar-refractivity contribution in [1.82, 2.24) is 20.1 Å². The summed E-state index contributed by atoms with van der Waals surface area (Å²) in [4.78, 5) is 27.4. The first-order valence-corrected chi connectivity index (χ1v) is 8.42. The zero-order chi connectivity index (χ0) is 21.0. The fourth-order valence-corrected chi connectivity index (χ4v) is 2.65. The maximum atomic E-state index is 12.1. The topological polar surface area (TPSA) is 114 Å². The fourth-order valence-electron chi connectivity index (χ4n) is 2.65. The number of hydrazine groups is 1. The molecule has 8 nitrogen and oxygen atoms in total. The predicted octanol–water partition coefficient (Wildman–Crippen LogP) is 1.70. The number of nitrogens with one attached hydrogen (secondary N) is 3. The van der Waals surface area contributed by atoms with E-state index >= 15 is 0 Å². The molecule has 0 radical (unpaired) electrons. The van der Waals surface area contributed by atoms with Gasteiger partial charge in [0.15, 0.2) is 0 Å². The van der Waals surface area contributed by atoms with Crippen molar-refractivity contribution in [2.45, 2.75) is 6.18 Å². The molecule has 0 aliphatic heterocycles. The van der Waals surface area contributed by atoms with Crippen LogP contribution in [0.3, 0.4) is 0 Å². The average molecular weight is 406 g/mol. The highest BCUT2D eigenvalue weighted by molar-refractivity contribution is 5.94. The number of anilines is 1. The summed E-state index contributed by atoms with van der Waals surface area (Å²) in [6, 6.07) is 10.2. The van der Waals surface area contributed by atoms with Gasteiger partial charge in [0.25, 0.3) is 5.91 Å². The average Bonchev–Trinajstić information content (AvgIpc) is 3.13. The van der Waals surface area contributed by atoms with Gasteiger partial charge in [-0.2, -0.15) is 13.2 Å². The molecule has 3 rings (SSSR count). The van der Waals surface area contributed by atoms with Crippen LogP contribution in [0.25, 0.3) is 16.9 Å². The number of halogens is 3. The van der Waals surface area contributed by atoms with Crippen LogP contribution in [-0.2, 0) is 4.79 Å². The lowest BCUT2D eigenvalue weighted by molar-refractivity contribution is -0.137. The third kappa shape index (κ3) is 5.02. The third-order valence-corrected chi connectivity index (χ3v) is 4.00. The summed E-state index contributed by atoms with van der Waals surface area (Å²) in [5, 5.41) is 4.58. The number of aromatic nitrogens is 2. The Labute approximate surface area is 162 Å². The Balaban J connectivity index is 1.74. The highest BCUT2D eigenvalue weighted by Crippen LogP contribution is 2.24. The van der Waals surface area contributed by atoms with Crippen LogP contribution < -0.4 is 21.9 Å². The molecule has 2 heterocycles. The summed E-state index contributed by atoms with van der Waals surface area (Å²) in [5.74, 6) is 3.93. The molecule has 3 aromatic rings. The first-order chi connectivity index (χ1) is 13.8. The Bertz CT molecular complexity index is 1050. The van der Waals surface area contributed by atoms with Gasteiger partial charge < -0.3 is 10.6 Å². The Morgan fingerprint density at radius 1 is 1.17 bits per heavy atom. The maximum Gasteiger partial charge on any atom is 0.405 e. The molecule has 0 unspecified atom stereocenters. The van der Waals surface area contributed by atoms with E-state index in [4.69, 9.17) is 5.84 Å². The van der Waals surface area contributed by atoms with Crippen LogP contribution in [0.2, 0.25) is 0 Å². The Morgan fingerprint density at radius 2 is 1.97 bits per heavy atom. The number of carbonyl (C=O) groups is 2. The molecule has 5 N–H and O–H groups in total. The summed E-state index contributed by atoms with van der Waals surface area (Å²) < 4.78 is 38.2. The second kappa shape index (κ2) is 8.19. The molecule has 1 aromatic carbocycles. The summed E-state index contributed by atoms with van der Waals surface area (Å²) in [6.07, 6.45) is -1.16. The van der Waals surface area contributed by atoms with Gasteiger partial charge in [-0.1, -0.05) is 12.1 Å². The SMILES string of the molecule is NNC(=O)c1ccn2c(-c3cccc(NCC(=O)NCC(F)(F)F)c3)cnc2c1. The van der Waals surface area contributed by atoms with Crippen molar-refractivity contribution in [3.05, 3.63) is 54.4 Å². The van der Waals surface area contributed by atoms with Crippen molar-refractivity contribution in [2.24, 2.45) is 5.84 Å². The molecule has 0 atom stereocenters. The van der Waals surface area contributed by atoms with E-state index in [-0.39, 0.29) is 6.54 Å². The van der Waals surface area contributed by atoms with E-state index in [1.165, 1.54) is 0 Å². The monoisotopic (exact) mass is 406 g/mol. The smallest absolute Gasteiger partial charge is 0.376 e. The van der Waals surface area contributed by atoms with Crippen LogP contribution in [0.5, 0.6) is 0 Å². The number of benzene rings is 1. The minimum atomic E-state index is -4.46. The van der Waals surface area contributed by atoms with E-state index < -0.39 is 24.5 Å². The van der Waals surface area contributed by atoms with E-state index in [1.54, 1.807) is 52.4 Å². The number of hydrogen-bond acceptors (Lipinski definition) is 5. The van der Waals surface area contributed by atoms with Crippen molar-refractivity contribution in [1.29, 1.82) is 0 Å². The van der Waals surface area contributed by atoms with Crippen molar-refractivity contribution < 1.29 is 22.8 Å². The van der Waals surface area contributed by atoms with Crippen molar-refractivity contribution in [3.8, 4) is 11.3 Å². The molecule has 0 spiro atoms. The highest BCUT2D eigenvalue weighted by atomic mass is 19.4. The Kier molecular flexibility index (Phi) is 5.69. The minimum absolute atomic E-state index is 0.301. The third-order valence-electron chi connectivity index (χ3n) is 4.00. The van der Waals surface area contributed by atoms with E-state index in [0.717, 1.165) is 11.3 Å². The van der Waals surface area contributed by atoms with Crippen LogP contribution >= 0.6 is 0 Å². The van der Waals surface area contributed by atoms with Gasteiger partial charge in [0.1, 0.15) is 12.2 Å². The lowest BCUT2D eigenvalue weighted by Gasteiger charge is -2.11. The number of imidazole rings is 1. The molecule has 2 aromatic heterocycles. The zero-order valence-corrected chi connectivity index (χ0v) is 15.0. The normalized spacial score (nSPS) is 11.3. The number of alkyl halides is 3. The van der Waals surface area contributed by atoms with Crippen LogP contribution in [0.15, 0.2) is 48.8 Å². The molecular weight excluding hydrogens is 389 g/mol. The van der Waals surface area contributed by atoms with Crippen LogP contribution in [0.1, 0.15) is 10.4 Å². The number of nitrogen functional groups attached to an aromatic ring is 1. The van der Waals surface area contributed by atoms with Crippen LogP contribution in [0, 0.1) is 0 Å². The standard InChI is InChI=1S/C18H17F3N6O2/c19-18(20,21)10-25-16(28)9-23-13-3-1-2-11(6-13)14-8-24-15-7-12(17(29)26-22)4-5-27(14)15/h1-8,23H,9-10,22H2,(H,25,28)(H,26,29). The fraction of sp³-hybridized carbons (Fsp3) is 0.167. The van der Waals surface area contributed by atoms with Gasteiger partial charge in [0.05, 0.1) is 18.4 Å². The lowest BCUT2D eigenvalue weighted by atomic mass is 10.1. The van der Waals surface area contributed by atoms with E-state index in [2.05, 4.69) is 15.7 Å². The summed E-state index contributed by atoms with van der Waals surface area (Å²) in [7, 11) is 0. The second-order valence-corrected chi connectivity index (χ2v) is 6.09. The van der Waals surface area contributed by atoms with Crippen molar-refractivity contribution in [3.63, 3.8) is 0 Å². The van der Waals surface area contributed by atoms with Gasteiger partial charge >= 0.3 is 6.18 Å². The van der Waals surface area contributed by atoms with Gasteiger partial charge in [-0.25, -0.2) is 10.8 Å². The Morgan fingerprint density at radius 3 is 2.69 bits per heavy atom. The Hall–Kier alpha value is -3.60. The zero-order valence-electron chi connectivity index (χ0n) is 15.0. The van der Waals surface area contributed by atoms with Gasteiger partial charge in [-0.3, -0.25) is 19.4 Å². The molecule has 0 aliphatic carbocycles. The number of pyridine rings is 1. The number of amides is 2. The maximum absolute atomic E-state index is 12.1. The van der Waals surface area contributed by atoms with Crippen molar-refractivity contribution >= 4 is 23.1 Å². The van der Waals surface area contributed by atoms with Crippen LogP contribution in [0.4, 0.5) is 18.9 Å². The predicted molar refractivity (Wildman–Crippen MR) is 99.8 cm³/mol. The molecule has 152 valence electrons. The first kappa shape index (κ1) is 20.1. The number of rotatable bonds is 6. The van der Waals surface area contributed by atoms with Gasteiger partial charge in [-0.15, -0.1) is 0 Å². The van der Waals surface area contributed by atoms with Crippen molar-refractivity contribution in [2.75, 3.05) is 18.4 Å². The summed E-state index contributed by atoms with van der Waals surface area (Å²) in [5.41, 5.74) is 4.98. The lowest BCUT2D eigenvalue weighted by Crippen LogP contribution is -2.37. The van der Waals surface area contributed by atoms with Crippen LogP contribution in [-0.4, -0.2) is 40.5 Å². The molecule has 29 heavy (non-hydrogen) atoms. The van der Waals surface area contributed by atoms with Gasteiger partial charge in [0, 0.05) is 23.0 Å². The molecule has 2 amide bonds. The number of nitrogens with zero attached hydrogens (tertiary/aromatic N) is 2. The van der Waals surface area contributed by atoms with E-state index in [1.807, 2.05) is 6.07 Å². The molecule has 0 saturated heterocycles. The number of hydrogen-bond donors (Lipinski definition) is 4. The van der Waals surface area contributed by atoms with E-state index in [0.29, 0.717) is 16.9 Å². The molecule has 11 heteroatoms. The summed E-state index contributed by atoms with van der Waals surface area (Å²) >= 11 is 0.